The number of halogens is 1. The molecule has 0 aromatic heterocycles. The van der Waals surface area contributed by atoms with Crippen LogP contribution in [0.15, 0.2) is 30.3 Å². The van der Waals surface area contributed by atoms with Gasteiger partial charge in [0, 0.05) is 3.92 Å². The molecule has 1 aromatic carbocycles. The monoisotopic (exact) mass is 245 g/mol. The van der Waals surface area contributed by atoms with Gasteiger partial charge in [-0.05, 0) is 12.0 Å². The molecule has 53 valence electrons. The minimum atomic E-state index is 0.568. The average molecular weight is 245 g/mol. The predicted molar refractivity (Wildman–Crippen MR) is 53.2 cm³/mol. The summed E-state index contributed by atoms with van der Waals surface area (Å²) in [6.45, 7) is 3.85. The van der Waals surface area contributed by atoms with E-state index >= 15 is 0 Å². The van der Waals surface area contributed by atoms with Crippen molar-refractivity contribution in [1.82, 2.24) is 0 Å². The molecule has 1 radical (unpaired) electrons. The Hall–Kier alpha value is -0.0500. The maximum absolute atomic E-state index is 3.85. The van der Waals surface area contributed by atoms with Gasteiger partial charge in [-0.25, -0.2) is 0 Å². The van der Waals surface area contributed by atoms with Gasteiger partial charge in [0.15, 0.2) is 0 Å². The van der Waals surface area contributed by atoms with Crippen molar-refractivity contribution in [2.45, 2.75) is 10.3 Å². The predicted octanol–water partition coefficient (Wildman–Crippen LogP) is 3.39. The van der Waals surface area contributed by atoms with E-state index in [9.17, 15) is 0 Å². The first-order valence-corrected chi connectivity index (χ1v) is 4.57. The molecular weight excluding hydrogens is 235 g/mol. The molecule has 0 saturated heterocycles. The maximum Gasteiger partial charge on any atom is 0.0359 e. The summed E-state index contributed by atoms with van der Waals surface area (Å²) in [5.74, 6) is 0. The molecule has 1 heteroatoms. The summed E-state index contributed by atoms with van der Waals surface area (Å²) in [6.07, 6.45) is 0.963. The SMILES string of the molecule is [CH2]CC(I)c1ccccc1. The molecule has 0 saturated carbocycles. The Bertz CT molecular complexity index is 181. The third-order valence-corrected chi connectivity index (χ3v) is 2.76. The minimum Gasteiger partial charge on any atom is -0.0774 e. The van der Waals surface area contributed by atoms with Crippen LogP contribution in [0.5, 0.6) is 0 Å². The normalized spacial score (nSPS) is 13.0. The smallest absolute Gasteiger partial charge is 0.0359 e. The van der Waals surface area contributed by atoms with Crippen LogP contribution in [0.3, 0.4) is 0 Å². The molecule has 0 aliphatic heterocycles. The van der Waals surface area contributed by atoms with E-state index in [4.69, 9.17) is 0 Å². The quantitative estimate of drug-likeness (QED) is 0.553. The van der Waals surface area contributed by atoms with Crippen LogP contribution in [0.1, 0.15) is 15.9 Å². The van der Waals surface area contributed by atoms with Crippen LogP contribution in [0, 0.1) is 6.92 Å². The van der Waals surface area contributed by atoms with Gasteiger partial charge in [-0.15, -0.1) is 0 Å². The third kappa shape index (κ3) is 1.97. The van der Waals surface area contributed by atoms with E-state index in [-0.39, 0.29) is 0 Å². The molecule has 0 aliphatic rings. The molecule has 1 rings (SSSR count). The molecule has 0 spiro atoms. The van der Waals surface area contributed by atoms with Gasteiger partial charge in [0.05, 0.1) is 0 Å². The van der Waals surface area contributed by atoms with E-state index in [0.717, 1.165) is 6.42 Å². The zero-order valence-electron chi connectivity index (χ0n) is 5.76. The topological polar surface area (TPSA) is 0 Å². The van der Waals surface area contributed by atoms with Gasteiger partial charge in [0.2, 0.25) is 0 Å². The fourth-order valence-electron chi connectivity index (χ4n) is 0.829. The van der Waals surface area contributed by atoms with E-state index in [1.54, 1.807) is 0 Å². The zero-order valence-corrected chi connectivity index (χ0v) is 7.91. The molecule has 10 heavy (non-hydrogen) atoms. The van der Waals surface area contributed by atoms with Crippen molar-refractivity contribution in [2.75, 3.05) is 0 Å². The van der Waals surface area contributed by atoms with Crippen molar-refractivity contribution in [3.63, 3.8) is 0 Å². The Balaban J connectivity index is 2.75. The summed E-state index contributed by atoms with van der Waals surface area (Å²) < 4.78 is 0.568. The second kappa shape index (κ2) is 3.96. The van der Waals surface area contributed by atoms with E-state index in [0.29, 0.717) is 3.92 Å². The molecule has 0 nitrogen and oxygen atoms in total. The van der Waals surface area contributed by atoms with Gasteiger partial charge >= 0.3 is 0 Å². The zero-order chi connectivity index (χ0) is 7.40. The molecule has 0 fully saturated rings. The van der Waals surface area contributed by atoms with Crippen LogP contribution in [-0.4, -0.2) is 0 Å². The molecular formula is C9H10I. The Kier molecular flexibility index (Phi) is 3.19. The summed E-state index contributed by atoms with van der Waals surface area (Å²) >= 11 is 2.41. The summed E-state index contributed by atoms with van der Waals surface area (Å²) in [6, 6.07) is 10.5. The second-order valence-electron chi connectivity index (χ2n) is 2.17. The fourth-order valence-corrected chi connectivity index (χ4v) is 1.24. The van der Waals surface area contributed by atoms with Crippen molar-refractivity contribution in [3.05, 3.63) is 42.8 Å². The number of rotatable bonds is 2. The first kappa shape index (κ1) is 8.05. The average Bonchev–Trinajstić information content (AvgIpc) is 2.05. The molecule has 1 aromatic rings. The van der Waals surface area contributed by atoms with Crippen molar-refractivity contribution < 1.29 is 0 Å². The van der Waals surface area contributed by atoms with Crippen molar-refractivity contribution >= 4 is 22.6 Å². The van der Waals surface area contributed by atoms with E-state index in [1.807, 2.05) is 6.07 Å². The number of hydrogen-bond acceptors (Lipinski definition) is 0. The number of benzene rings is 1. The van der Waals surface area contributed by atoms with Gasteiger partial charge in [-0.2, -0.15) is 0 Å². The lowest BCUT2D eigenvalue weighted by atomic mass is 10.1. The number of hydrogen-bond donors (Lipinski definition) is 0. The lowest BCUT2D eigenvalue weighted by molar-refractivity contribution is 1.01. The standard InChI is InChI=1S/C9H10I/c1-2-9(10)8-6-4-3-5-7-8/h3-7,9H,1-2H2. The van der Waals surface area contributed by atoms with Gasteiger partial charge < -0.3 is 0 Å². The molecule has 1 atom stereocenters. The molecule has 1 unspecified atom stereocenters. The molecule has 0 aliphatic carbocycles. The van der Waals surface area contributed by atoms with Gasteiger partial charge in [0.1, 0.15) is 0 Å². The molecule has 0 amide bonds. The van der Waals surface area contributed by atoms with Crippen LogP contribution >= 0.6 is 22.6 Å². The van der Waals surface area contributed by atoms with Crippen molar-refractivity contribution in [1.29, 1.82) is 0 Å². The molecule has 0 bridgehead atoms. The summed E-state index contributed by atoms with van der Waals surface area (Å²) in [7, 11) is 0. The van der Waals surface area contributed by atoms with Gasteiger partial charge in [-0.1, -0.05) is 59.8 Å². The summed E-state index contributed by atoms with van der Waals surface area (Å²) in [5.41, 5.74) is 1.37. The molecule has 0 heterocycles. The lowest BCUT2D eigenvalue weighted by Gasteiger charge is -2.04. The first-order valence-electron chi connectivity index (χ1n) is 3.33. The van der Waals surface area contributed by atoms with E-state index in [2.05, 4.69) is 53.8 Å². The third-order valence-electron chi connectivity index (χ3n) is 1.41. The molecule has 0 N–H and O–H groups in total. The Morgan fingerprint density at radius 2 is 1.90 bits per heavy atom. The highest BCUT2D eigenvalue weighted by Crippen LogP contribution is 2.25. The van der Waals surface area contributed by atoms with Gasteiger partial charge in [-0.3, -0.25) is 0 Å². The van der Waals surface area contributed by atoms with Crippen molar-refractivity contribution in [3.8, 4) is 0 Å². The van der Waals surface area contributed by atoms with Gasteiger partial charge in [0.25, 0.3) is 0 Å². The fraction of sp³-hybridized carbons (Fsp3) is 0.222. The van der Waals surface area contributed by atoms with Crippen LogP contribution in [-0.2, 0) is 0 Å². The first-order chi connectivity index (χ1) is 4.84. The Morgan fingerprint density at radius 3 is 2.40 bits per heavy atom. The lowest BCUT2D eigenvalue weighted by Crippen LogP contribution is -1.84. The summed E-state index contributed by atoms with van der Waals surface area (Å²) in [5, 5.41) is 0. The van der Waals surface area contributed by atoms with E-state index in [1.165, 1.54) is 5.56 Å². The van der Waals surface area contributed by atoms with E-state index < -0.39 is 0 Å². The van der Waals surface area contributed by atoms with Crippen molar-refractivity contribution in [2.24, 2.45) is 0 Å². The summed E-state index contributed by atoms with van der Waals surface area (Å²) in [4.78, 5) is 0. The maximum atomic E-state index is 3.85. The number of alkyl halides is 1. The van der Waals surface area contributed by atoms with Crippen LogP contribution in [0.4, 0.5) is 0 Å². The highest BCUT2D eigenvalue weighted by Gasteiger charge is 2.00. The second-order valence-corrected chi connectivity index (χ2v) is 3.67. The Labute approximate surface area is 75.8 Å². The highest BCUT2D eigenvalue weighted by molar-refractivity contribution is 14.1. The minimum absolute atomic E-state index is 0.568. The van der Waals surface area contributed by atoms with Crippen LogP contribution < -0.4 is 0 Å². The largest absolute Gasteiger partial charge is 0.0774 e. The Morgan fingerprint density at radius 1 is 1.30 bits per heavy atom. The highest BCUT2D eigenvalue weighted by atomic mass is 127. The van der Waals surface area contributed by atoms with Crippen LogP contribution in [0.25, 0.3) is 0 Å². The van der Waals surface area contributed by atoms with Crippen LogP contribution in [0.2, 0.25) is 0 Å².